The summed E-state index contributed by atoms with van der Waals surface area (Å²) in [6, 6.07) is -1.48. The first-order valence-corrected chi connectivity index (χ1v) is 11.2. The van der Waals surface area contributed by atoms with E-state index in [0.29, 0.717) is 0 Å². The number of hydrogen-bond donors (Lipinski definition) is 6. The molecule has 2 saturated heterocycles. The van der Waals surface area contributed by atoms with Crippen LogP contribution in [-0.4, -0.2) is 101 Å². The number of aliphatic hydroxyl groups excluding tert-OH is 4. The Bertz CT molecular complexity index is 643. The molecule has 2 aliphatic heterocycles. The minimum atomic E-state index is -1.07. The van der Waals surface area contributed by atoms with E-state index in [1.54, 1.807) is 6.92 Å². The first-order chi connectivity index (χ1) is 14.8. The molecule has 1 amide bonds. The van der Waals surface area contributed by atoms with Crippen LogP contribution in [0.5, 0.6) is 0 Å². The van der Waals surface area contributed by atoms with Crippen LogP contribution < -0.4 is 11.1 Å². The Balaban J connectivity index is 2.44. The van der Waals surface area contributed by atoms with Crippen LogP contribution in [0.2, 0.25) is 0 Å². The zero-order valence-corrected chi connectivity index (χ0v) is 20.2. The largest absolute Gasteiger partial charge is 0.394 e. The Kier molecular flexibility index (Phi) is 8.72. The predicted octanol–water partition coefficient (Wildman–Crippen LogP) is -1.24. The molecule has 7 N–H and O–H groups in total. The fraction of sp³-hybridized carbons (Fsp3) is 0.955. The van der Waals surface area contributed by atoms with E-state index in [9.17, 15) is 25.2 Å². The van der Waals surface area contributed by atoms with Gasteiger partial charge in [0, 0.05) is 20.0 Å². The Morgan fingerprint density at radius 1 is 1.03 bits per heavy atom. The van der Waals surface area contributed by atoms with E-state index in [1.807, 2.05) is 27.7 Å². The first-order valence-electron chi connectivity index (χ1n) is 11.2. The molecule has 10 nitrogen and oxygen atoms in total. The van der Waals surface area contributed by atoms with Gasteiger partial charge in [-0.3, -0.25) is 4.79 Å². The van der Waals surface area contributed by atoms with E-state index in [2.05, 4.69) is 5.32 Å². The maximum Gasteiger partial charge on any atom is 0.217 e. The highest BCUT2D eigenvalue weighted by molar-refractivity contribution is 5.73. The summed E-state index contributed by atoms with van der Waals surface area (Å²) in [5.41, 5.74) is 4.86. The van der Waals surface area contributed by atoms with Gasteiger partial charge in [0.25, 0.3) is 0 Å². The summed E-state index contributed by atoms with van der Waals surface area (Å²) in [6.07, 6.45) is -5.53. The number of methoxy groups -OCH3 is 1. The minimum Gasteiger partial charge on any atom is -0.394 e. The van der Waals surface area contributed by atoms with Crippen LogP contribution in [0.3, 0.4) is 0 Å². The van der Waals surface area contributed by atoms with E-state index in [0.717, 1.165) is 0 Å². The number of amides is 1. The molecule has 0 bridgehead atoms. The van der Waals surface area contributed by atoms with Gasteiger partial charge in [0.15, 0.2) is 0 Å². The van der Waals surface area contributed by atoms with E-state index in [4.69, 9.17) is 19.9 Å². The molecule has 0 radical (unpaired) electrons. The van der Waals surface area contributed by atoms with E-state index in [-0.39, 0.29) is 19.1 Å². The maximum atomic E-state index is 11.7. The predicted molar refractivity (Wildman–Crippen MR) is 117 cm³/mol. The van der Waals surface area contributed by atoms with Crippen LogP contribution in [0.25, 0.3) is 0 Å². The summed E-state index contributed by atoms with van der Waals surface area (Å²) < 4.78 is 17.5. The van der Waals surface area contributed by atoms with E-state index < -0.39 is 71.6 Å². The molecule has 2 aliphatic rings. The number of carbonyl (C=O) groups is 1. The number of aliphatic hydroxyl groups is 4. The van der Waals surface area contributed by atoms with E-state index in [1.165, 1.54) is 14.0 Å². The third-order valence-corrected chi connectivity index (χ3v) is 8.01. The summed E-state index contributed by atoms with van der Waals surface area (Å²) in [6.45, 7) is 10.1. The topological polar surface area (TPSA) is 164 Å². The summed E-state index contributed by atoms with van der Waals surface area (Å²) >= 11 is 0. The van der Waals surface area contributed by atoms with Crippen molar-refractivity contribution in [2.75, 3.05) is 20.3 Å². The zero-order valence-electron chi connectivity index (χ0n) is 20.2. The fourth-order valence-electron chi connectivity index (χ4n) is 5.51. The molecule has 2 rings (SSSR count). The van der Waals surface area contributed by atoms with Gasteiger partial charge in [-0.15, -0.1) is 0 Å². The summed E-state index contributed by atoms with van der Waals surface area (Å²) in [5, 5.41) is 44.8. The van der Waals surface area contributed by atoms with Gasteiger partial charge in [-0.2, -0.15) is 0 Å². The van der Waals surface area contributed by atoms with Crippen LogP contribution in [0, 0.1) is 16.7 Å². The van der Waals surface area contributed by atoms with Gasteiger partial charge < -0.3 is 45.7 Å². The SMILES string of the molecule is CO[C@@H]1C(CO)O[C@@H](C(C)(C)C(C)(C)[C@@H]2C(CO)O[C@@H](C)C(NC(C)=O)C2O)C(N)C1O. The molecule has 0 aromatic heterocycles. The molecule has 188 valence electrons. The molecular formula is C22H42N2O8. The van der Waals surface area contributed by atoms with Crippen molar-refractivity contribution in [3.63, 3.8) is 0 Å². The summed E-state index contributed by atoms with van der Waals surface area (Å²) in [7, 11) is 1.42. The van der Waals surface area contributed by atoms with Gasteiger partial charge in [0.05, 0.1) is 49.7 Å². The third kappa shape index (κ3) is 4.69. The maximum absolute atomic E-state index is 11.7. The van der Waals surface area contributed by atoms with Gasteiger partial charge in [-0.1, -0.05) is 27.7 Å². The van der Waals surface area contributed by atoms with Crippen molar-refractivity contribution in [1.82, 2.24) is 5.32 Å². The average Bonchev–Trinajstić information content (AvgIpc) is 2.71. The van der Waals surface area contributed by atoms with Crippen LogP contribution in [0.15, 0.2) is 0 Å². The van der Waals surface area contributed by atoms with Crippen molar-refractivity contribution in [2.24, 2.45) is 22.5 Å². The Labute approximate surface area is 190 Å². The van der Waals surface area contributed by atoms with Gasteiger partial charge in [0.2, 0.25) is 5.91 Å². The number of hydrogen-bond acceptors (Lipinski definition) is 9. The normalized spacial score (nSPS) is 41.4. The lowest BCUT2D eigenvalue weighted by atomic mass is 9.53. The molecule has 0 aromatic carbocycles. The molecule has 0 aliphatic carbocycles. The van der Waals surface area contributed by atoms with Crippen molar-refractivity contribution >= 4 is 5.91 Å². The second-order valence-corrected chi connectivity index (χ2v) is 10.3. The highest BCUT2D eigenvalue weighted by atomic mass is 16.6. The molecule has 2 fully saturated rings. The third-order valence-electron chi connectivity index (χ3n) is 8.01. The number of rotatable bonds is 7. The number of ether oxygens (including phenoxy) is 3. The molecule has 0 spiro atoms. The van der Waals surface area contributed by atoms with Crippen LogP contribution in [0.4, 0.5) is 0 Å². The lowest BCUT2D eigenvalue weighted by Gasteiger charge is -2.59. The van der Waals surface area contributed by atoms with Gasteiger partial charge in [0.1, 0.15) is 18.3 Å². The minimum absolute atomic E-state index is 0.292. The highest BCUT2D eigenvalue weighted by Gasteiger charge is 2.60. The lowest BCUT2D eigenvalue weighted by Crippen LogP contribution is -2.70. The molecule has 10 atom stereocenters. The standard InChI is InChI=1S/C22H42N2O8/c1-10-16(24-11(2)27)17(28)14(12(8-25)31-10)21(3,4)22(5,6)20-15(23)18(29)19(30-7)13(9-26)32-20/h10,12-20,25-26,28-29H,8-9,23H2,1-7H3,(H,24,27)/t10-,12?,13?,14+,15?,16?,17?,18?,19+,20+/m0/s1. The van der Waals surface area contributed by atoms with Gasteiger partial charge in [-0.25, -0.2) is 0 Å². The molecule has 0 aromatic rings. The number of nitrogens with one attached hydrogen (secondary N) is 1. The summed E-state index contributed by atoms with van der Waals surface area (Å²) in [4.78, 5) is 11.7. The number of carbonyl (C=O) groups excluding carboxylic acids is 1. The Morgan fingerprint density at radius 2 is 1.59 bits per heavy atom. The molecule has 2 heterocycles. The Morgan fingerprint density at radius 3 is 2.06 bits per heavy atom. The average molecular weight is 463 g/mol. The van der Waals surface area contributed by atoms with Crippen LogP contribution in [0.1, 0.15) is 41.5 Å². The Hall–Kier alpha value is -0.850. The van der Waals surface area contributed by atoms with Crippen LogP contribution in [-0.2, 0) is 19.0 Å². The quantitative estimate of drug-likeness (QED) is 0.272. The lowest BCUT2D eigenvalue weighted by molar-refractivity contribution is -0.258. The smallest absolute Gasteiger partial charge is 0.217 e. The second kappa shape index (κ2) is 10.2. The molecule has 10 heteroatoms. The molecule has 6 unspecified atom stereocenters. The molecular weight excluding hydrogens is 420 g/mol. The number of nitrogens with two attached hydrogens (primary N) is 1. The second-order valence-electron chi connectivity index (χ2n) is 10.3. The first kappa shape index (κ1) is 27.4. The van der Waals surface area contributed by atoms with Crippen molar-refractivity contribution < 1.29 is 39.4 Å². The van der Waals surface area contributed by atoms with Crippen molar-refractivity contribution in [3.8, 4) is 0 Å². The zero-order chi connectivity index (χ0) is 24.6. The highest BCUT2D eigenvalue weighted by Crippen LogP contribution is 2.53. The summed E-state index contributed by atoms with van der Waals surface area (Å²) in [5.74, 6) is -0.892. The monoisotopic (exact) mass is 462 g/mol. The molecule has 32 heavy (non-hydrogen) atoms. The molecule has 0 saturated carbocycles. The van der Waals surface area contributed by atoms with Crippen LogP contribution >= 0.6 is 0 Å². The van der Waals surface area contributed by atoms with Gasteiger partial charge >= 0.3 is 0 Å². The fourth-order valence-corrected chi connectivity index (χ4v) is 5.51. The van der Waals surface area contributed by atoms with Crippen molar-refractivity contribution in [3.05, 3.63) is 0 Å². The van der Waals surface area contributed by atoms with Crippen molar-refractivity contribution in [2.45, 2.75) is 96.4 Å². The van der Waals surface area contributed by atoms with Gasteiger partial charge in [-0.05, 0) is 17.8 Å². The van der Waals surface area contributed by atoms with Crippen molar-refractivity contribution in [1.29, 1.82) is 0 Å². The van der Waals surface area contributed by atoms with E-state index >= 15 is 0 Å².